The number of nitrogens with zero attached hydrogens (tertiary/aromatic N) is 1. The maximum atomic E-state index is 12.0. The fourth-order valence-corrected chi connectivity index (χ4v) is 2.13. The Hall–Kier alpha value is -1.14. The molecule has 6 heteroatoms. The number of nitrogen functional groups attached to an aromatic ring is 1. The molecule has 0 saturated carbocycles. The Morgan fingerprint density at radius 2 is 2.47 bits per heavy atom. The van der Waals surface area contributed by atoms with Crippen LogP contribution in [0.4, 0.5) is 5.82 Å². The molecular formula is C11H14BrN3O2. The SMILES string of the molecule is CC1OCCC1NC(=O)c1cc(Br)cnc1N. The van der Waals surface area contributed by atoms with E-state index < -0.39 is 0 Å². The largest absolute Gasteiger partial charge is 0.383 e. The van der Waals surface area contributed by atoms with E-state index in [0.29, 0.717) is 12.2 Å². The molecule has 2 unspecified atom stereocenters. The van der Waals surface area contributed by atoms with Crippen LogP contribution in [0.3, 0.4) is 0 Å². The standard InChI is InChI=1S/C11H14BrN3O2/c1-6-9(2-3-17-6)15-11(16)8-4-7(12)5-14-10(8)13/h4-6,9H,2-3H2,1H3,(H2,13,14)(H,15,16). The second-order valence-corrected chi connectivity index (χ2v) is 4.95. The second-order valence-electron chi connectivity index (χ2n) is 4.03. The number of hydrogen-bond donors (Lipinski definition) is 2. The highest BCUT2D eigenvalue weighted by Gasteiger charge is 2.26. The Morgan fingerprint density at radius 1 is 1.71 bits per heavy atom. The topological polar surface area (TPSA) is 77.2 Å². The highest BCUT2D eigenvalue weighted by molar-refractivity contribution is 9.10. The molecule has 0 aromatic carbocycles. The average Bonchev–Trinajstić information content (AvgIpc) is 2.68. The minimum Gasteiger partial charge on any atom is -0.383 e. The fourth-order valence-electron chi connectivity index (χ4n) is 1.80. The van der Waals surface area contributed by atoms with E-state index in [0.717, 1.165) is 10.9 Å². The van der Waals surface area contributed by atoms with Gasteiger partial charge >= 0.3 is 0 Å². The summed E-state index contributed by atoms with van der Waals surface area (Å²) in [6.07, 6.45) is 2.43. The number of nitrogens with two attached hydrogens (primary N) is 1. The molecule has 3 N–H and O–H groups in total. The van der Waals surface area contributed by atoms with Crippen molar-refractivity contribution in [3.63, 3.8) is 0 Å². The van der Waals surface area contributed by atoms with Gasteiger partial charge in [0.15, 0.2) is 0 Å². The van der Waals surface area contributed by atoms with Gasteiger partial charge in [0.05, 0.1) is 17.7 Å². The molecule has 1 saturated heterocycles. The summed E-state index contributed by atoms with van der Waals surface area (Å²) in [5.74, 6) is 0.0240. The quantitative estimate of drug-likeness (QED) is 0.864. The smallest absolute Gasteiger partial charge is 0.255 e. The Balaban J connectivity index is 2.11. The summed E-state index contributed by atoms with van der Waals surface area (Å²) in [4.78, 5) is 15.9. The first-order chi connectivity index (χ1) is 8.08. The highest BCUT2D eigenvalue weighted by atomic mass is 79.9. The van der Waals surface area contributed by atoms with Crippen molar-refractivity contribution >= 4 is 27.7 Å². The van der Waals surface area contributed by atoms with E-state index in [2.05, 4.69) is 26.2 Å². The van der Waals surface area contributed by atoms with Gasteiger partial charge in [-0.2, -0.15) is 0 Å². The average molecular weight is 300 g/mol. The van der Waals surface area contributed by atoms with Crippen molar-refractivity contribution in [1.82, 2.24) is 10.3 Å². The monoisotopic (exact) mass is 299 g/mol. The first-order valence-electron chi connectivity index (χ1n) is 5.41. The molecule has 5 nitrogen and oxygen atoms in total. The number of pyridine rings is 1. The molecule has 1 aliphatic heterocycles. The van der Waals surface area contributed by atoms with Crippen LogP contribution in [0.15, 0.2) is 16.7 Å². The number of ether oxygens (including phenoxy) is 1. The molecule has 1 fully saturated rings. The van der Waals surface area contributed by atoms with E-state index in [1.807, 2.05) is 6.92 Å². The molecule has 2 atom stereocenters. The van der Waals surface area contributed by atoms with Gasteiger partial charge in [0, 0.05) is 17.3 Å². The maximum absolute atomic E-state index is 12.0. The van der Waals surface area contributed by atoms with Crippen LogP contribution >= 0.6 is 15.9 Å². The molecular weight excluding hydrogens is 286 g/mol. The van der Waals surface area contributed by atoms with Gasteiger partial charge in [-0.25, -0.2) is 4.98 Å². The lowest BCUT2D eigenvalue weighted by atomic mass is 10.1. The molecule has 1 aliphatic rings. The molecule has 17 heavy (non-hydrogen) atoms. The van der Waals surface area contributed by atoms with Crippen LogP contribution in [0.1, 0.15) is 23.7 Å². The van der Waals surface area contributed by atoms with Gasteiger partial charge in [0.25, 0.3) is 5.91 Å². The number of halogens is 1. The van der Waals surface area contributed by atoms with Gasteiger partial charge in [-0.05, 0) is 35.3 Å². The van der Waals surface area contributed by atoms with Crippen molar-refractivity contribution in [2.45, 2.75) is 25.5 Å². The molecule has 2 rings (SSSR count). The zero-order chi connectivity index (χ0) is 12.4. The number of rotatable bonds is 2. The van der Waals surface area contributed by atoms with E-state index in [-0.39, 0.29) is 23.9 Å². The second kappa shape index (κ2) is 5.01. The van der Waals surface area contributed by atoms with Gasteiger partial charge in [-0.3, -0.25) is 4.79 Å². The summed E-state index contributed by atoms with van der Waals surface area (Å²) in [6, 6.07) is 1.71. The van der Waals surface area contributed by atoms with Gasteiger partial charge in [-0.1, -0.05) is 0 Å². The van der Waals surface area contributed by atoms with Crippen molar-refractivity contribution in [2.75, 3.05) is 12.3 Å². The molecule has 92 valence electrons. The number of aromatic nitrogens is 1. The predicted molar refractivity (Wildman–Crippen MR) is 67.6 cm³/mol. The van der Waals surface area contributed by atoms with Crippen molar-refractivity contribution in [3.05, 3.63) is 22.3 Å². The molecule has 0 bridgehead atoms. The van der Waals surface area contributed by atoms with Crippen LogP contribution < -0.4 is 11.1 Å². The number of amides is 1. The van der Waals surface area contributed by atoms with E-state index in [1.54, 1.807) is 12.3 Å². The Labute approximate surface area is 108 Å². The van der Waals surface area contributed by atoms with Crippen LogP contribution in [0.2, 0.25) is 0 Å². The Bertz CT molecular complexity index is 439. The van der Waals surface area contributed by atoms with Crippen LogP contribution in [0, 0.1) is 0 Å². The first-order valence-corrected chi connectivity index (χ1v) is 6.20. The third-order valence-corrected chi connectivity index (χ3v) is 3.26. The number of carbonyl (C=O) groups excluding carboxylic acids is 1. The summed E-state index contributed by atoms with van der Waals surface area (Å²) < 4.78 is 6.11. The summed E-state index contributed by atoms with van der Waals surface area (Å²) in [7, 11) is 0. The minimum atomic E-state index is -0.210. The zero-order valence-corrected chi connectivity index (χ0v) is 11.0. The normalized spacial score (nSPS) is 23.6. The van der Waals surface area contributed by atoms with Crippen molar-refractivity contribution in [1.29, 1.82) is 0 Å². The molecule has 2 heterocycles. The molecule has 0 radical (unpaired) electrons. The number of anilines is 1. The van der Waals surface area contributed by atoms with Crippen molar-refractivity contribution in [2.24, 2.45) is 0 Å². The van der Waals surface area contributed by atoms with Gasteiger partial charge < -0.3 is 15.8 Å². The Kier molecular flexibility index (Phi) is 3.63. The molecule has 1 amide bonds. The van der Waals surface area contributed by atoms with E-state index >= 15 is 0 Å². The van der Waals surface area contributed by atoms with Crippen LogP contribution in [-0.4, -0.2) is 29.6 Å². The van der Waals surface area contributed by atoms with E-state index in [9.17, 15) is 4.79 Å². The van der Waals surface area contributed by atoms with Crippen molar-refractivity contribution < 1.29 is 9.53 Å². The fraction of sp³-hybridized carbons (Fsp3) is 0.455. The number of carbonyl (C=O) groups is 1. The minimum absolute atomic E-state index is 0.0419. The molecule has 1 aromatic rings. The lowest BCUT2D eigenvalue weighted by Crippen LogP contribution is -2.39. The molecule has 0 spiro atoms. The van der Waals surface area contributed by atoms with Crippen LogP contribution in [0.5, 0.6) is 0 Å². The maximum Gasteiger partial charge on any atom is 0.255 e. The van der Waals surface area contributed by atoms with Gasteiger partial charge in [0.1, 0.15) is 5.82 Å². The molecule has 1 aromatic heterocycles. The first kappa shape index (κ1) is 12.3. The van der Waals surface area contributed by atoms with Gasteiger partial charge in [0.2, 0.25) is 0 Å². The lowest BCUT2D eigenvalue weighted by Gasteiger charge is -2.16. The lowest BCUT2D eigenvalue weighted by molar-refractivity contribution is 0.0866. The summed E-state index contributed by atoms with van der Waals surface area (Å²) in [6.45, 7) is 2.62. The van der Waals surface area contributed by atoms with Crippen LogP contribution in [-0.2, 0) is 4.74 Å². The predicted octanol–water partition coefficient (Wildman–Crippen LogP) is 1.33. The van der Waals surface area contributed by atoms with Crippen LogP contribution in [0.25, 0.3) is 0 Å². The summed E-state index contributed by atoms with van der Waals surface area (Å²) >= 11 is 3.27. The highest BCUT2D eigenvalue weighted by Crippen LogP contribution is 2.17. The van der Waals surface area contributed by atoms with E-state index in [4.69, 9.17) is 10.5 Å². The van der Waals surface area contributed by atoms with Gasteiger partial charge in [-0.15, -0.1) is 0 Å². The zero-order valence-electron chi connectivity index (χ0n) is 9.44. The third-order valence-electron chi connectivity index (χ3n) is 2.82. The number of nitrogens with one attached hydrogen (secondary N) is 1. The van der Waals surface area contributed by atoms with Crippen molar-refractivity contribution in [3.8, 4) is 0 Å². The third kappa shape index (κ3) is 2.76. The Morgan fingerprint density at radius 3 is 3.12 bits per heavy atom. The number of hydrogen-bond acceptors (Lipinski definition) is 4. The van der Waals surface area contributed by atoms with E-state index in [1.165, 1.54) is 0 Å². The summed E-state index contributed by atoms with van der Waals surface area (Å²) in [5.41, 5.74) is 6.06. The molecule has 0 aliphatic carbocycles. The summed E-state index contributed by atoms with van der Waals surface area (Å²) in [5, 5.41) is 2.91.